The Bertz CT molecular complexity index is 2240. The molecule has 2 N–H and O–H groups in total. The number of nitrogens with zero attached hydrogens (tertiary/aromatic N) is 3. The number of halogens is 1. The number of phenols is 1. The predicted molar refractivity (Wildman–Crippen MR) is 209 cm³/mol. The largest absolute Gasteiger partial charge is 0.508 e. The summed E-state index contributed by atoms with van der Waals surface area (Å²) < 4.78 is 27.7. The molecule has 56 heavy (non-hydrogen) atoms. The van der Waals surface area contributed by atoms with Gasteiger partial charge in [0, 0.05) is 67.2 Å². The van der Waals surface area contributed by atoms with E-state index in [2.05, 4.69) is 34.0 Å². The summed E-state index contributed by atoms with van der Waals surface area (Å²) in [6.07, 6.45) is 2.44. The zero-order valence-corrected chi connectivity index (χ0v) is 31.6. The highest BCUT2D eigenvalue weighted by molar-refractivity contribution is 6.05. The molecule has 3 amide bonds. The van der Waals surface area contributed by atoms with E-state index in [1.165, 1.54) is 0 Å². The second-order valence-corrected chi connectivity index (χ2v) is 15.3. The van der Waals surface area contributed by atoms with Crippen molar-refractivity contribution in [2.24, 2.45) is 5.92 Å². The van der Waals surface area contributed by atoms with Crippen molar-refractivity contribution in [2.75, 3.05) is 51.8 Å². The number of methoxy groups -OCH3 is 1. The lowest BCUT2D eigenvalue weighted by molar-refractivity contribution is -0.136. The third kappa shape index (κ3) is 7.54. The Morgan fingerprint density at radius 1 is 0.982 bits per heavy atom. The van der Waals surface area contributed by atoms with Crippen molar-refractivity contribution >= 4 is 23.4 Å². The molecule has 3 unspecified atom stereocenters. The average Bonchev–Trinajstić information content (AvgIpc) is 3.52. The van der Waals surface area contributed by atoms with Crippen LogP contribution in [0.3, 0.4) is 0 Å². The number of amides is 3. The van der Waals surface area contributed by atoms with Gasteiger partial charge in [-0.2, -0.15) is 0 Å². The lowest BCUT2D eigenvalue weighted by atomic mass is 9.75. The predicted octanol–water partition coefficient (Wildman–Crippen LogP) is 5.81. The number of rotatable bonds is 8. The molecule has 11 heteroatoms. The molecular weight excluding hydrogens is 712 g/mol. The van der Waals surface area contributed by atoms with E-state index >= 15 is 4.39 Å². The fourth-order valence-electron chi connectivity index (χ4n) is 8.73. The number of carbonyl (C=O) groups is 3. The van der Waals surface area contributed by atoms with Gasteiger partial charge in [-0.15, -0.1) is 0 Å². The smallest absolute Gasteiger partial charge is 0.255 e. The van der Waals surface area contributed by atoms with Crippen molar-refractivity contribution in [1.82, 2.24) is 15.1 Å². The minimum atomic E-state index is -0.639. The van der Waals surface area contributed by atoms with Crippen molar-refractivity contribution in [1.29, 1.82) is 0 Å². The number of aromatic hydroxyl groups is 1. The van der Waals surface area contributed by atoms with Crippen LogP contribution in [0.5, 0.6) is 17.2 Å². The molecule has 4 aromatic carbocycles. The minimum absolute atomic E-state index is 0.0817. The third-order valence-electron chi connectivity index (χ3n) is 11.6. The van der Waals surface area contributed by atoms with Crippen LogP contribution in [0.2, 0.25) is 0 Å². The summed E-state index contributed by atoms with van der Waals surface area (Å²) in [4.78, 5) is 42.9. The SMILES string of the molecule is COc1cccc(C2COc3cc(O)ccc3C2c2ccc(N3CCC(CN(C)CC#Cc4ccc5c(c4)CN(C4CCC(=O)NC4=O)C5=O)CC3)c(F)c2)c1. The molecule has 4 aliphatic rings. The summed E-state index contributed by atoms with van der Waals surface area (Å²) in [5, 5.41) is 12.5. The van der Waals surface area contributed by atoms with E-state index in [4.69, 9.17) is 9.47 Å². The second-order valence-electron chi connectivity index (χ2n) is 15.3. The van der Waals surface area contributed by atoms with E-state index in [1.54, 1.807) is 36.3 Å². The number of benzene rings is 4. The molecule has 0 aromatic heterocycles. The molecule has 0 spiro atoms. The quantitative estimate of drug-likeness (QED) is 0.171. The molecule has 4 aromatic rings. The number of phenolic OH excluding ortho intramolecular Hbond substituents is 1. The highest BCUT2D eigenvalue weighted by Crippen LogP contribution is 2.48. The van der Waals surface area contributed by atoms with Crippen molar-refractivity contribution in [3.63, 3.8) is 0 Å². The number of ether oxygens (including phenoxy) is 2. The second kappa shape index (κ2) is 15.7. The number of hydrogen-bond acceptors (Lipinski definition) is 8. The van der Waals surface area contributed by atoms with E-state index in [9.17, 15) is 19.5 Å². The van der Waals surface area contributed by atoms with Crippen molar-refractivity contribution in [3.05, 3.63) is 118 Å². The van der Waals surface area contributed by atoms with Gasteiger partial charge < -0.3 is 24.4 Å². The Kier molecular flexibility index (Phi) is 10.4. The number of imide groups is 1. The van der Waals surface area contributed by atoms with Crippen LogP contribution in [0.25, 0.3) is 0 Å². The van der Waals surface area contributed by atoms with Crippen LogP contribution in [0.15, 0.2) is 78.9 Å². The monoisotopic (exact) mass is 756 g/mol. The van der Waals surface area contributed by atoms with E-state index < -0.39 is 11.9 Å². The van der Waals surface area contributed by atoms with Crippen LogP contribution in [0.1, 0.15) is 75.7 Å². The van der Waals surface area contributed by atoms with E-state index in [-0.39, 0.29) is 41.6 Å². The number of nitrogens with one attached hydrogen (secondary N) is 1. The van der Waals surface area contributed by atoms with E-state index in [0.29, 0.717) is 49.0 Å². The van der Waals surface area contributed by atoms with Crippen molar-refractivity contribution in [2.45, 2.75) is 50.1 Å². The Balaban J connectivity index is 0.873. The van der Waals surface area contributed by atoms with Crippen LogP contribution >= 0.6 is 0 Å². The molecule has 288 valence electrons. The fraction of sp³-hybridized carbons (Fsp3) is 0.356. The van der Waals surface area contributed by atoms with Crippen LogP contribution in [0, 0.1) is 23.6 Å². The Hall–Kier alpha value is -5.86. The van der Waals surface area contributed by atoms with Crippen LogP contribution in [0.4, 0.5) is 10.1 Å². The molecule has 0 radical (unpaired) electrons. The van der Waals surface area contributed by atoms with E-state index in [1.807, 2.05) is 54.6 Å². The highest BCUT2D eigenvalue weighted by Gasteiger charge is 2.39. The van der Waals surface area contributed by atoms with Gasteiger partial charge in [0.25, 0.3) is 5.91 Å². The van der Waals surface area contributed by atoms with Gasteiger partial charge >= 0.3 is 0 Å². The van der Waals surface area contributed by atoms with Gasteiger partial charge in [0.2, 0.25) is 11.8 Å². The van der Waals surface area contributed by atoms with Crippen LogP contribution in [-0.2, 0) is 16.1 Å². The zero-order valence-electron chi connectivity index (χ0n) is 31.6. The lowest BCUT2D eigenvalue weighted by Gasteiger charge is -2.36. The maximum atomic E-state index is 16.1. The summed E-state index contributed by atoms with van der Waals surface area (Å²) in [6.45, 7) is 3.69. The molecule has 0 bridgehead atoms. The molecular formula is C45H45FN4O6. The van der Waals surface area contributed by atoms with Gasteiger partial charge in [-0.3, -0.25) is 24.6 Å². The van der Waals surface area contributed by atoms with Crippen LogP contribution < -0.4 is 19.7 Å². The summed E-state index contributed by atoms with van der Waals surface area (Å²) in [5.74, 6) is 7.03. The first-order valence-electron chi connectivity index (χ1n) is 19.2. The normalized spacial score (nSPS) is 20.9. The fourth-order valence-corrected chi connectivity index (χ4v) is 8.73. The van der Waals surface area contributed by atoms with Crippen molar-refractivity contribution < 1.29 is 33.4 Å². The van der Waals surface area contributed by atoms with Gasteiger partial charge in [-0.1, -0.05) is 36.1 Å². The number of hydrogen-bond donors (Lipinski definition) is 2. The molecule has 0 aliphatic carbocycles. The summed E-state index contributed by atoms with van der Waals surface area (Å²) in [6, 6.07) is 23.6. The molecule has 3 atom stereocenters. The van der Waals surface area contributed by atoms with Gasteiger partial charge in [0.1, 0.15) is 29.1 Å². The minimum Gasteiger partial charge on any atom is -0.508 e. The van der Waals surface area contributed by atoms with Gasteiger partial charge in [0.05, 0.1) is 25.9 Å². The Labute approximate surface area is 326 Å². The van der Waals surface area contributed by atoms with Crippen LogP contribution in [-0.4, -0.2) is 85.6 Å². The zero-order chi connectivity index (χ0) is 38.9. The van der Waals surface area contributed by atoms with E-state index in [0.717, 1.165) is 66.0 Å². The van der Waals surface area contributed by atoms with Gasteiger partial charge in [0.15, 0.2) is 0 Å². The first-order valence-corrected chi connectivity index (χ1v) is 19.2. The molecule has 0 saturated carbocycles. The standard InChI is InChI=1S/C45H45FN4O6/c1-48(18-4-5-28-8-11-35-32(21-28)26-50(45(35)54)40-14-15-42(52)47-44(40)53)25-29-16-19-49(20-17-29)39-13-9-31(23-38(39)46)43-36-12-10-33(51)24-41(36)56-27-37(43)30-6-3-7-34(22-30)55-2/h3,6-13,21-24,29,37,40,43,51H,14-20,25-27H2,1-2H3,(H,47,52,53). The van der Waals surface area contributed by atoms with Gasteiger partial charge in [-0.25, -0.2) is 4.39 Å². The molecule has 2 saturated heterocycles. The number of piperidine rings is 2. The molecule has 8 rings (SSSR count). The van der Waals surface area contributed by atoms with Crippen molar-refractivity contribution in [3.8, 4) is 29.1 Å². The number of anilines is 1. The molecule has 2 fully saturated rings. The maximum absolute atomic E-state index is 16.1. The average molecular weight is 757 g/mol. The first kappa shape index (κ1) is 37.1. The number of fused-ring (bicyclic) bond motifs is 2. The summed E-state index contributed by atoms with van der Waals surface area (Å²) in [5.41, 5.74) is 5.64. The Morgan fingerprint density at radius 3 is 2.61 bits per heavy atom. The molecule has 10 nitrogen and oxygen atoms in total. The maximum Gasteiger partial charge on any atom is 0.255 e. The topological polar surface area (TPSA) is 112 Å². The molecule has 4 heterocycles. The third-order valence-corrected chi connectivity index (χ3v) is 11.6. The molecule has 4 aliphatic heterocycles. The lowest BCUT2D eigenvalue weighted by Crippen LogP contribution is -2.52. The number of carbonyl (C=O) groups excluding carboxylic acids is 3. The summed E-state index contributed by atoms with van der Waals surface area (Å²) >= 11 is 0. The highest BCUT2D eigenvalue weighted by atomic mass is 19.1. The first-order chi connectivity index (χ1) is 27.1. The summed E-state index contributed by atoms with van der Waals surface area (Å²) in [7, 11) is 3.70. The van der Waals surface area contributed by atoms with Gasteiger partial charge in [-0.05, 0) is 97.4 Å². The Morgan fingerprint density at radius 2 is 1.82 bits per heavy atom.